The van der Waals surface area contributed by atoms with Gasteiger partial charge in [0, 0.05) is 69.8 Å². The molecule has 0 fully saturated rings. The molecule has 13 aromatic rings. The maximum atomic E-state index is 5.19. The Labute approximate surface area is 366 Å². The highest BCUT2D eigenvalue weighted by Gasteiger charge is 2.22. The van der Waals surface area contributed by atoms with Gasteiger partial charge in [-0.25, -0.2) is 15.0 Å². The molecule has 4 aromatic heterocycles. The summed E-state index contributed by atoms with van der Waals surface area (Å²) in [7, 11) is 0. The molecule has 0 aliphatic heterocycles. The van der Waals surface area contributed by atoms with E-state index in [9.17, 15) is 0 Å². The topological polar surface area (TPSA) is 48.5 Å². The lowest BCUT2D eigenvalue weighted by Crippen LogP contribution is -2.01. The van der Waals surface area contributed by atoms with Crippen molar-refractivity contribution in [2.45, 2.75) is 0 Å². The van der Waals surface area contributed by atoms with Crippen molar-refractivity contribution in [2.24, 2.45) is 0 Å². The minimum absolute atomic E-state index is 0.615. The Hall–Kier alpha value is -8.19. The minimum Gasteiger partial charge on any atom is -0.307 e. The highest BCUT2D eigenvalue weighted by Crippen LogP contribution is 2.43. The SMILES string of the molecule is c1ccc(-c2ccc(-c3nc(-c4ccccc4)nc(-c4cccc(-n5c6ccccc6c6ccc7c8ccccc8n(-c8ccc9sc%10ccccc%10c9c8)c7c65)c4)n3)cc2)cc1. The first-order valence-corrected chi connectivity index (χ1v) is 22.0. The average Bonchev–Trinajstić information content (AvgIpc) is 4.02. The van der Waals surface area contributed by atoms with Crippen molar-refractivity contribution >= 4 is 75.1 Å². The number of fused-ring (bicyclic) bond motifs is 10. The van der Waals surface area contributed by atoms with Gasteiger partial charge in [-0.2, -0.15) is 0 Å². The van der Waals surface area contributed by atoms with Gasteiger partial charge in [-0.3, -0.25) is 0 Å². The summed E-state index contributed by atoms with van der Waals surface area (Å²) in [5.74, 6) is 1.87. The maximum Gasteiger partial charge on any atom is 0.164 e. The van der Waals surface area contributed by atoms with E-state index in [0.29, 0.717) is 17.5 Å². The molecule has 0 unspecified atom stereocenters. The lowest BCUT2D eigenvalue weighted by atomic mass is 10.0. The van der Waals surface area contributed by atoms with Crippen molar-refractivity contribution in [2.75, 3.05) is 0 Å². The van der Waals surface area contributed by atoms with Crippen LogP contribution in [0.2, 0.25) is 0 Å². The van der Waals surface area contributed by atoms with Crippen LogP contribution < -0.4 is 0 Å². The van der Waals surface area contributed by atoms with E-state index in [2.05, 4.69) is 197 Å². The third kappa shape index (κ3) is 5.73. The Morgan fingerprint density at radius 2 is 0.746 bits per heavy atom. The van der Waals surface area contributed by atoms with E-state index < -0.39 is 0 Å². The van der Waals surface area contributed by atoms with Gasteiger partial charge in [0.15, 0.2) is 17.5 Å². The Kier molecular flexibility index (Phi) is 8.01. The smallest absolute Gasteiger partial charge is 0.164 e. The van der Waals surface area contributed by atoms with Gasteiger partial charge in [-0.15, -0.1) is 11.3 Å². The predicted molar refractivity (Wildman–Crippen MR) is 263 cm³/mol. The van der Waals surface area contributed by atoms with Crippen LogP contribution in [0.1, 0.15) is 0 Å². The van der Waals surface area contributed by atoms with Gasteiger partial charge in [0.1, 0.15) is 0 Å². The highest BCUT2D eigenvalue weighted by molar-refractivity contribution is 7.25. The van der Waals surface area contributed by atoms with Gasteiger partial charge >= 0.3 is 0 Å². The quantitative estimate of drug-likeness (QED) is 0.168. The van der Waals surface area contributed by atoms with Gasteiger partial charge < -0.3 is 9.13 Å². The van der Waals surface area contributed by atoms with Crippen LogP contribution in [-0.4, -0.2) is 24.1 Å². The molecule has 13 rings (SSSR count). The molecule has 63 heavy (non-hydrogen) atoms. The summed E-state index contributed by atoms with van der Waals surface area (Å²) < 4.78 is 7.51. The molecule has 0 aliphatic carbocycles. The number of hydrogen-bond acceptors (Lipinski definition) is 4. The van der Waals surface area contributed by atoms with Gasteiger partial charge in [-0.1, -0.05) is 164 Å². The molecule has 4 heterocycles. The summed E-state index contributed by atoms with van der Waals surface area (Å²) in [6.07, 6.45) is 0. The molecule has 0 spiro atoms. The summed E-state index contributed by atoms with van der Waals surface area (Å²) in [4.78, 5) is 15.4. The second-order valence-electron chi connectivity index (χ2n) is 16.0. The van der Waals surface area contributed by atoms with E-state index >= 15 is 0 Å². The minimum atomic E-state index is 0.615. The van der Waals surface area contributed by atoms with E-state index in [-0.39, 0.29) is 0 Å². The van der Waals surface area contributed by atoms with Crippen molar-refractivity contribution in [3.63, 3.8) is 0 Å². The monoisotopic (exact) mass is 821 g/mol. The first-order chi connectivity index (χ1) is 31.2. The fourth-order valence-corrected chi connectivity index (χ4v) is 10.6. The number of nitrogens with zero attached hydrogens (tertiary/aromatic N) is 5. The van der Waals surface area contributed by atoms with Gasteiger partial charge in [-0.05, 0) is 59.7 Å². The summed E-state index contributed by atoms with van der Waals surface area (Å²) in [6, 6.07) is 75.6. The first-order valence-electron chi connectivity index (χ1n) is 21.2. The van der Waals surface area contributed by atoms with Gasteiger partial charge in [0.05, 0.1) is 22.1 Å². The van der Waals surface area contributed by atoms with Crippen molar-refractivity contribution in [3.8, 4) is 56.7 Å². The lowest BCUT2D eigenvalue weighted by molar-refractivity contribution is 1.07. The third-order valence-electron chi connectivity index (χ3n) is 12.4. The van der Waals surface area contributed by atoms with Crippen LogP contribution in [0.5, 0.6) is 0 Å². The van der Waals surface area contributed by atoms with Crippen LogP contribution in [0.15, 0.2) is 212 Å². The van der Waals surface area contributed by atoms with Crippen LogP contribution in [-0.2, 0) is 0 Å². The van der Waals surface area contributed by atoms with Crippen molar-refractivity contribution < 1.29 is 0 Å². The number of rotatable bonds is 6. The number of aromatic nitrogens is 5. The number of hydrogen-bond donors (Lipinski definition) is 0. The summed E-state index contributed by atoms with van der Waals surface area (Å²) in [5, 5.41) is 7.39. The summed E-state index contributed by atoms with van der Waals surface area (Å²) >= 11 is 1.85. The molecule has 0 saturated heterocycles. The number of benzene rings is 9. The molecule has 9 aromatic carbocycles. The molecular weight excluding hydrogens is 787 g/mol. The molecule has 0 radical (unpaired) electrons. The molecule has 294 valence electrons. The Bertz CT molecular complexity index is 3900. The predicted octanol–water partition coefficient (Wildman–Crippen LogP) is 15.1. The molecule has 5 nitrogen and oxygen atoms in total. The molecule has 0 atom stereocenters. The summed E-state index contributed by atoms with van der Waals surface area (Å²) in [6.45, 7) is 0. The summed E-state index contributed by atoms with van der Waals surface area (Å²) in [5.41, 5.74) is 11.9. The van der Waals surface area contributed by atoms with Crippen molar-refractivity contribution in [1.82, 2.24) is 24.1 Å². The lowest BCUT2D eigenvalue weighted by Gasteiger charge is -2.14. The Balaban J connectivity index is 1.04. The normalized spacial score (nSPS) is 11.8. The Morgan fingerprint density at radius 1 is 0.286 bits per heavy atom. The first kappa shape index (κ1) is 35.6. The van der Waals surface area contributed by atoms with E-state index in [4.69, 9.17) is 15.0 Å². The molecular formula is C57H35N5S. The van der Waals surface area contributed by atoms with Crippen LogP contribution in [0.4, 0.5) is 0 Å². The maximum absolute atomic E-state index is 5.19. The molecule has 0 saturated carbocycles. The molecule has 0 bridgehead atoms. The van der Waals surface area contributed by atoms with Crippen LogP contribution in [0, 0.1) is 0 Å². The third-order valence-corrected chi connectivity index (χ3v) is 13.5. The zero-order valence-corrected chi connectivity index (χ0v) is 34.7. The van der Waals surface area contributed by atoms with E-state index in [1.54, 1.807) is 0 Å². The fourth-order valence-electron chi connectivity index (χ4n) is 9.47. The second-order valence-corrected chi connectivity index (χ2v) is 17.1. The Morgan fingerprint density at radius 3 is 1.40 bits per heavy atom. The molecule has 0 aliphatic rings. The number of para-hydroxylation sites is 2. The highest BCUT2D eigenvalue weighted by atomic mass is 32.1. The molecule has 6 heteroatoms. The molecule has 0 N–H and O–H groups in total. The largest absolute Gasteiger partial charge is 0.307 e. The van der Waals surface area contributed by atoms with Crippen LogP contribution in [0.3, 0.4) is 0 Å². The van der Waals surface area contributed by atoms with E-state index in [1.165, 1.54) is 58.3 Å². The average molecular weight is 822 g/mol. The zero-order chi connectivity index (χ0) is 41.4. The van der Waals surface area contributed by atoms with E-state index in [0.717, 1.165) is 44.7 Å². The van der Waals surface area contributed by atoms with Gasteiger partial charge in [0.2, 0.25) is 0 Å². The standard InChI is InChI=1S/C57H35N5S/c1-3-14-36(15-4-1)37-26-28-39(29-27-37)56-58-55(38-16-5-2-6-17-38)59-57(60-56)40-18-13-19-41(34-40)61-49-23-10-7-20-43(49)46-31-32-47-44-21-8-11-24-50(44)62(54(47)53(46)61)42-30-33-52-48(35-42)45-22-9-12-25-51(45)63-52/h1-35H. The fraction of sp³-hybridized carbons (Fsp3) is 0. The number of thiophene rings is 1. The van der Waals surface area contributed by atoms with E-state index in [1.807, 2.05) is 35.6 Å². The van der Waals surface area contributed by atoms with Crippen LogP contribution >= 0.6 is 11.3 Å². The van der Waals surface area contributed by atoms with Crippen molar-refractivity contribution in [1.29, 1.82) is 0 Å². The molecule has 0 amide bonds. The van der Waals surface area contributed by atoms with Crippen molar-refractivity contribution in [3.05, 3.63) is 212 Å². The van der Waals surface area contributed by atoms with Gasteiger partial charge in [0.25, 0.3) is 0 Å². The zero-order valence-electron chi connectivity index (χ0n) is 33.9. The van der Waals surface area contributed by atoms with Crippen LogP contribution in [0.25, 0.3) is 120 Å². The second kappa shape index (κ2) is 14.2.